The molecule has 1 aliphatic carbocycles. The van der Waals surface area contributed by atoms with E-state index in [-0.39, 0.29) is 41.0 Å². The van der Waals surface area contributed by atoms with E-state index < -0.39 is 28.4 Å². The van der Waals surface area contributed by atoms with Crippen molar-refractivity contribution in [3.8, 4) is 11.8 Å². The standard InChI is InChI=1S/C18H23FN4O6S/c1-11(2)29-17-20-23(18(25)22(17)13-7-8-13)16(24)21-30(26,27)15-12(3)5-4-6-14(15)28-10-9-19/h4-6,11,13H,7-10H2,1-3H3,(H,21,24). The number of amides is 1. The first-order chi connectivity index (χ1) is 14.2. The van der Waals surface area contributed by atoms with Crippen molar-refractivity contribution < 1.29 is 27.1 Å². The number of halogens is 1. The van der Waals surface area contributed by atoms with Gasteiger partial charge in [-0.05, 0) is 45.2 Å². The summed E-state index contributed by atoms with van der Waals surface area (Å²) in [6, 6.07) is 2.96. The quantitative estimate of drug-likeness (QED) is 0.661. The van der Waals surface area contributed by atoms with E-state index >= 15 is 0 Å². The fourth-order valence-electron chi connectivity index (χ4n) is 2.87. The van der Waals surface area contributed by atoms with Crippen LogP contribution in [0.15, 0.2) is 27.9 Å². The number of ether oxygens (including phenoxy) is 2. The van der Waals surface area contributed by atoms with Gasteiger partial charge in [0.2, 0.25) is 0 Å². The van der Waals surface area contributed by atoms with E-state index in [4.69, 9.17) is 9.47 Å². The lowest BCUT2D eigenvalue weighted by atomic mass is 10.2. The zero-order chi connectivity index (χ0) is 22.1. The van der Waals surface area contributed by atoms with Crippen molar-refractivity contribution in [2.24, 2.45) is 0 Å². The monoisotopic (exact) mass is 442 g/mol. The predicted molar refractivity (Wildman–Crippen MR) is 104 cm³/mol. The van der Waals surface area contributed by atoms with Crippen molar-refractivity contribution in [2.45, 2.75) is 50.7 Å². The van der Waals surface area contributed by atoms with Gasteiger partial charge < -0.3 is 9.47 Å². The zero-order valence-electron chi connectivity index (χ0n) is 16.8. The van der Waals surface area contributed by atoms with Gasteiger partial charge in [-0.25, -0.2) is 31.7 Å². The van der Waals surface area contributed by atoms with E-state index in [0.29, 0.717) is 4.68 Å². The zero-order valence-corrected chi connectivity index (χ0v) is 17.6. The summed E-state index contributed by atoms with van der Waals surface area (Å²) in [7, 11) is -4.44. The number of rotatable bonds is 8. The van der Waals surface area contributed by atoms with E-state index in [2.05, 4.69) is 5.10 Å². The molecule has 0 aliphatic heterocycles. The van der Waals surface area contributed by atoms with Gasteiger partial charge in [0.15, 0.2) is 0 Å². The number of aryl methyl sites for hydroxylation is 1. The van der Waals surface area contributed by atoms with Crippen molar-refractivity contribution in [3.05, 3.63) is 34.2 Å². The molecule has 1 N–H and O–H groups in total. The summed E-state index contributed by atoms with van der Waals surface area (Å²) in [6.07, 6.45) is 1.17. The minimum Gasteiger partial charge on any atom is -0.489 e. The number of hydrogen-bond acceptors (Lipinski definition) is 7. The lowest BCUT2D eigenvalue weighted by molar-refractivity contribution is 0.208. The van der Waals surface area contributed by atoms with Gasteiger partial charge in [-0.2, -0.15) is 0 Å². The first-order valence-corrected chi connectivity index (χ1v) is 10.9. The lowest BCUT2D eigenvalue weighted by Gasteiger charge is -2.13. The Bertz CT molecular complexity index is 1100. The molecule has 12 heteroatoms. The molecule has 0 radical (unpaired) electrons. The van der Waals surface area contributed by atoms with Crippen LogP contribution in [0.1, 0.15) is 38.3 Å². The van der Waals surface area contributed by atoms with Crippen LogP contribution >= 0.6 is 0 Å². The van der Waals surface area contributed by atoms with Crippen LogP contribution in [-0.4, -0.2) is 48.2 Å². The summed E-state index contributed by atoms with van der Waals surface area (Å²) < 4.78 is 52.4. The second-order valence-electron chi connectivity index (χ2n) is 7.10. The molecule has 0 saturated heterocycles. The molecule has 30 heavy (non-hydrogen) atoms. The number of carbonyl (C=O) groups is 1. The van der Waals surface area contributed by atoms with E-state index in [1.807, 2.05) is 4.72 Å². The number of aromatic nitrogens is 3. The summed E-state index contributed by atoms with van der Waals surface area (Å²) in [6.45, 7) is 3.82. The normalized spacial score (nSPS) is 14.0. The molecule has 0 bridgehead atoms. The first-order valence-electron chi connectivity index (χ1n) is 9.39. The van der Waals surface area contributed by atoms with E-state index in [1.54, 1.807) is 19.9 Å². The lowest BCUT2D eigenvalue weighted by Crippen LogP contribution is -2.40. The van der Waals surface area contributed by atoms with Crippen molar-refractivity contribution in [1.29, 1.82) is 0 Å². The third kappa shape index (κ3) is 4.48. The number of benzene rings is 1. The van der Waals surface area contributed by atoms with Gasteiger partial charge in [0.05, 0.1) is 6.10 Å². The fourth-order valence-corrected chi connectivity index (χ4v) is 4.17. The Morgan fingerprint density at radius 2 is 2.07 bits per heavy atom. The van der Waals surface area contributed by atoms with Crippen LogP contribution in [0, 0.1) is 6.92 Å². The number of nitrogens with one attached hydrogen (secondary N) is 1. The average molecular weight is 442 g/mol. The molecule has 1 saturated carbocycles. The molecule has 3 rings (SSSR count). The molecular weight excluding hydrogens is 419 g/mol. The van der Waals surface area contributed by atoms with E-state index in [0.717, 1.165) is 12.8 Å². The third-order valence-electron chi connectivity index (χ3n) is 4.23. The highest BCUT2D eigenvalue weighted by Crippen LogP contribution is 2.36. The fraction of sp³-hybridized carbons (Fsp3) is 0.500. The Labute approximate surface area is 172 Å². The molecule has 164 valence electrons. The van der Waals surface area contributed by atoms with Gasteiger partial charge in [0, 0.05) is 6.04 Å². The summed E-state index contributed by atoms with van der Waals surface area (Å²) in [4.78, 5) is 25.0. The summed E-state index contributed by atoms with van der Waals surface area (Å²) >= 11 is 0. The average Bonchev–Trinajstić information content (AvgIpc) is 3.43. The molecule has 0 unspecified atom stereocenters. The predicted octanol–water partition coefficient (Wildman–Crippen LogP) is 1.77. The third-order valence-corrected chi connectivity index (χ3v) is 5.73. The SMILES string of the molecule is Cc1cccc(OCCF)c1S(=O)(=O)NC(=O)n1nc(OC(C)C)n(C2CC2)c1=O. The Kier molecular flexibility index (Phi) is 6.15. The van der Waals surface area contributed by atoms with E-state index in [9.17, 15) is 22.4 Å². The molecule has 1 aromatic heterocycles. The first kappa shape index (κ1) is 21.8. The maximum atomic E-state index is 12.9. The second-order valence-corrected chi connectivity index (χ2v) is 8.71. The Morgan fingerprint density at radius 3 is 2.67 bits per heavy atom. The van der Waals surface area contributed by atoms with Gasteiger partial charge in [0.25, 0.3) is 10.0 Å². The van der Waals surface area contributed by atoms with Crippen LogP contribution in [0.25, 0.3) is 0 Å². The topological polar surface area (TPSA) is 122 Å². The number of sulfonamides is 1. The van der Waals surface area contributed by atoms with Gasteiger partial charge >= 0.3 is 17.7 Å². The molecule has 1 aliphatic rings. The van der Waals surface area contributed by atoms with Crippen molar-refractivity contribution >= 4 is 16.1 Å². The summed E-state index contributed by atoms with van der Waals surface area (Å²) in [5, 5.41) is 3.87. The van der Waals surface area contributed by atoms with Crippen LogP contribution in [0.3, 0.4) is 0 Å². The Hall–Kier alpha value is -2.89. The van der Waals surface area contributed by atoms with Crippen LogP contribution in [-0.2, 0) is 10.0 Å². The molecule has 1 amide bonds. The van der Waals surface area contributed by atoms with Crippen LogP contribution in [0.5, 0.6) is 11.8 Å². The summed E-state index contributed by atoms with van der Waals surface area (Å²) in [5.41, 5.74) is -0.508. The minimum absolute atomic E-state index is 0.0482. The van der Waals surface area contributed by atoms with Gasteiger partial charge in [-0.3, -0.25) is 0 Å². The maximum Gasteiger partial charge on any atom is 0.360 e. The van der Waals surface area contributed by atoms with Gasteiger partial charge in [0.1, 0.15) is 23.9 Å². The molecule has 10 nitrogen and oxygen atoms in total. The van der Waals surface area contributed by atoms with Crippen molar-refractivity contribution in [3.63, 3.8) is 0 Å². The van der Waals surface area contributed by atoms with Crippen LogP contribution in [0.2, 0.25) is 0 Å². The van der Waals surface area contributed by atoms with Crippen molar-refractivity contribution in [2.75, 3.05) is 13.3 Å². The molecule has 1 heterocycles. The smallest absolute Gasteiger partial charge is 0.360 e. The maximum absolute atomic E-state index is 12.9. The Morgan fingerprint density at radius 1 is 1.37 bits per heavy atom. The van der Waals surface area contributed by atoms with Crippen molar-refractivity contribution in [1.82, 2.24) is 19.1 Å². The van der Waals surface area contributed by atoms with E-state index in [1.165, 1.54) is 23.6 Å². The highest BCUT2D eigenvalue weighted by atomic mass is 32.2. The number of carbonyl (C=O) groups excluding carboxylic acids is 1. The Balaban J connectivity index is 1.94. The second kappa shape index (κ2) is 8.46. The van der Waals surface area contributed by atoms with Crippen LogP contribution in [0.4, 0.5) is 9.18 Å². The molecule has 0 spiro atoms. The molecule has 1 aromatic carbocycles. The minimum atomic E-state index is -4.44. The highest BCUT2D eigenvalue weighted by Gasteiger charge is 2.34. The number of hydrogen-bond donors (Lipinski definition) is 1. The number of nitrogens with zero attached hydrogens (tertiary/aromatic N) is 3. The van der Waals surface area contributed by atoms with Crippen LogP contribution < -0.4 is 19.9 Å². The molecule has 0 atom stereocenters. The summed E-state index contributed by atoms with van der Waals surface area (Å²) in [5.74, 6) is -0.104. The van der Waals surface area contributed by atoms with Gasteiger partial charge in [-0.15, -0.1) is 9.78 Å². The molecule has 1 fully saturated rings. The largest absolute Gasteiger partial charge is 0.489 e. The molecular formula is C18H23FN4O6S. The molecule has 2 aromatic rings. The number of alkyl halides is 1. The highest BCUT2D eigenvalue weighted by molar-refractivity contribution is 7.90. The van der Waals surface area contributed by atoms with Gasteiger partial charge in [-0.1, -0.05) is 12.1 Å².